The molecule has 0 aliphatic rings. The van der Waals surface area contributed by atoms with Crippen molar-refractivity contribution in [2.75, 3.05) is 13.2 Å². The van der Waals surface area contributed by atoms with E-state index in [-0.39, 0.29) is 25.0 Å². The number of esters is 1. The summed E-state index contributed by atoms with van der Waals surface area (Å²) >= 11 is 0. The number of carbonyl (C=O) groups is 1. The van der Waals surface area contributed by atoms with E-state index >= 15 is 0 Å². The van der Waals surface area contributed by atoms with Crippen LogP contribution in [0, 0.1) is 0 Å². The second-order valence-corrected chi connectivity index (χ2v) is 13.0. The molecular weight excluding hydrogens is 616 g/mol. The van der Waals surface area contributed by atoms with Crippen LogP contribution in [-0.4, -0.2) is 28.9 Å². The summed E-state index contributed by atoms with van der Waals surface area (Å²) in [6.45, 7) is 6.16. The first-order chi connectivity index (χ1) is 23.2. The molecule has 0 radical (unpaired) electrons. The number of imidazole rings is 1. The summed E-state index contributed by atoms with van der Waals surface area (Å²) < 4.78 is 9.70. The standard InChI is InChI=1S/C42H73N2O3.ClH/c1-3-5-7-9-11-13-15-17-19-21-23-25-27-29-31-33-41-43(37-39-45)35-36-44(41)38-40-47-42(46)34-32-30-28-26-24-22-20-18-16-14-12-10-8-6-4-2;/h17-20,29,31-32,34-36,45H,3-16,21-28,30,33,37-40H2,1-2H3;1H/q+1;/p-1/b19-17+,20-18+,31-29+,34-32+;. The first kappa shape index (κ1) is 45.9. The lowest BCUT2D eigenvalue weighted by Gasteiger charge is -2.04. The normalized spacial score (nSPS) is 11.9. The molecule has 276 valence electrons. The van der Waals surface area contributed by atoms with Crippen LogP contribution in [0.25, 0.3) is 0 Å². The van der Waals surface area contributed by atoms with E-state index in [2.05, 4.69) is 59.4 Å². The van der Waals surface area contributed by atoms with Gasteiger partial charge in [0.2, 0.25) is 0 Å². The minimum atomic E-state index is -0.267. The van der Waals surface area contributed by atoms with Crippen molar-refractivity contribution in [2.24, 2.45) is 0 Å². The molecule has 0 fully saturated rings. The molecule has 0 spiro atoms. The first-order valence-electron chi connectivity index (χ1n) is 19.7. The number of halogens is 1. The molecule has 1 N–H and O–H groups in total. The van der Waals surface area contributed by atoms with Gasteiger partial charge in [0.15, 0.2) is 0 Å². The van der Waals surface area contributed by atoms with Crippen LogP contribution in [0.5, 0.6) is 0 Å². The van der Waals surface area contributed by atoms with E-state index in [1.165, 1.54) is 122 Å². The van der Waals surface area contributed by atoms with Crippen molar-refractivity contribution in [3.8, 4) is 0 Å². The smallest absolute Gasteiger partial charge is 0.330 e. The van der Waals surface area contributed by atoms with Gasteiger partial charge in [0.05, 0.1) is 13.0 Å². The maximum atomic E-state index is 12.2. The van der Waals surface area contributed by atoms with E-state index in [4.69, 9.17) is 4.74 Å². The Hall–Kier alpha value is -2.11. The van der Waals surface area contributed by atoms with Crippen LogP contribution >= 0.6 is 0 Å². The van der Waals surface area contributed by atoms with Gasteiger partial charge < -0.3 is 22.3 Å². The Balaban J connectivity index is 0.0000221. The minimum absolute atomic E-state index is 0. The minimum Gasteiger partial charge on any atom is -1.00 e. The van der Waals surface area contributed by atoms with E-state index in [1.807, 2.05) is 18.5 Å². The molecule has 6 heteroatoms. The predicted octanol–water partition coefficient (Wildman–Crippen LogP) is 8.09. The number of hydrogen-bond acceptors (Lipinski definition) is 3. The Morgan fingerprint density at radius 1 is 0.667 bits per heavy atom. The Kier molecular flexibility index (Phi) is 34.6. The van der Waals surface area contributed by atoms with Gasteiger partial charge in [0, 0.05) is 6.08 Å². The number of aromatic nitrogens is 2. The number of carbonyl (C=O) groups excluding carboxylic acids is 1. The average Bonchev–Trinajstić information content (AvgIpc) is 3.45. The maximum Gasteiger partial charge on any atom is 0.330 e. The van der Waals surface area contributed by atoms with Gasteiger partial charge in [-0.25, -0.2) is 13.9 Å². The van der Waals surface area contributed by atoms with Crippen LogP contribution in [-0.2, 0) is 29.0 Å². The van der Waals surface area contributed by atoms with Crippen molar-refractivity contribution >= 4 is 5.97 Å². The lowest BCUT2D eigenvalue weighted by molar-refractivity contribution is -0.704. The number of allylic oxidation sites excluding steroid dienone is 7. The van der Waals surface area contributed by atoms with Crippen LogP contribution in [0.2, 0.25) is 0 Å². The molecule has 1 rings (SSSR count). The van der Waals surface area contributed by atoms with Crippen LogP contribution in [0.15, 0.2) is 61.0 Å². The van der Waals surface area contributed by atoms with Gasteiger partial charge in [-0.3, -0.25) is 0 Å². The van der Waals surface area contributed by atoms with Crippen molar-refractivity contribution in [1.82, 2.24) is 4.57 Å². The fourth-order valence-corrected chi connectivity index (χ4v) is 5.81. The van der Waals surface area contributed by atoms with E-state index < -0.39 is 0 Å². The van der Waals surface area contributed by atoms with Crippen LogP contribution in [0.3, 0.4) is 0 Å². The van der Waals surface area contributed by atoms with E-state index in [0.717, 1.165) is 37.9 Å². The topological polar surface area (TPSA) is 55.3 Å². The number of aliphatic hydroxyl groups is 1. The lowest BCUT2D eigenvalue weighted by atomic mass is 10.1. The number of nitrogens with zero attached hydrogens (tertiary/aromatic N) is 2. The fraction of sp³-hybridized carbons (Fsp3) is 0.714. The molecule has 48 heavy (non-hydrogen) atoms. The number of rotatable bonds is 33. The molecule has 0 aliphatic carbocycles. The van der Waals surface area contributed by atoms with Crippen LogP contribution in [0.1, 0.15) is 167 Å². The van der Waals surface area contributed by atoms with Crippen LogP contribution in [0.4, 0.5) is 0 Å². The van der Waals surface area contributed by atoms with Gasteiger partial charge in [0.1, 0.15) is 32.1 Å². The summed E-state index contributed by atoms with van der Waals surface area (Å²) in [6, 6.07) is 0. The Bertz CT molecular complexity index is 966. The fourth-order valence-electron chi connectivity index (χ4n) is 5.81. The highest BCUT2D eigenvalue weighted by Gasteiger charge is 2.15. The molecule has 0 amide bonds. The summed E-state index contributed by atoms with van der Waals surface area (Å²) in [4.78, 5) is 12.2. The molecule has 0 aliphatic heterocycles. The lowest BCUT2D eigenvalue weighted by Crippen LogP contribution is -3.00. The largest absolute Gasteiger partial charge is 1.00 e. The van der Waals surface area contributed by atoms with Gasteiger partial charge in [-0.2, -0.15) is 0 Å². The number of ether oxygens (including phenoxy) is 1. The van der Waals surface area contributed by atoms with Crippen molar-refractivity contribution in [2.45, 2.75) is 181 Å². The zero-order valence-corrected chi connectivity index (χ0v) is 31.9. The Morgan fingerprint density at radius 2 is 1.10 bits per heavy atom. The number of hydrogen-bond donors (Lipinski definition) is 1. The van der Waals surface area contributed by atoms with Crippen molar-refractivity contribution < 1.29 is 31.6 Å². The molecule has 0 aromatic carbocycles. The molecule has 0 saturated carbocycles. The summed E-state index contributed by atoms with van der Waals surface area (Å²) in [5.74, 6) is 0.855. The van der Waals surface area contributed by atoms with Crippen LogP contribution < -0.4 is 17.0 Å². The zero-order chi connectivity index (χ0) is 33.9. The third-order valence-corrected chi connectivity index (χ3v) is 8.74. The third-order valence-electron chi connectivity index (χ3n) is 8.74. The molecule has 0 atom stereocenters. The summed E-state index contributed by atoms with van der Waals surface area (Å²) in [5, 5.41) is 9.50. The van der Waals surface area contributed by atoms with Gasteiger partial charge in [-0.1, -0.05) is 127 Å². The van der Waals surface area contributed by atoms with Gasteiger partial charge >= 0.3 is 5.97 Å². The Morgan fingerprint density at radius 3 is 1.62 bits per heavy atom. The average molecular weight is 690 g/mol. The highest BCUT2D eigenvalue weighted by Crippen LogP contribution is 2.10. The molecule has 0 bridgehead atoms. The molecule has 0 unspecified atom stereocenters. The molecular formula is C42H73ClN2O3. The molecule has 1 heterocycles. The maximum absolute atomic E-state index is 12.2. The summed E-state index contributed by atoms with van der Waals surface area (Å²) in [7, 11) is 0. The second-order valence-electron chi connectivity index (χ2n) is 13.0. The molecule has 1 aromatic heterocycles. The summed E-state index contributed by atoms with van der Waals surface area (Å²) in [6.07, 6.45) is 51.4. The Labute approximate surface area is 302 Å². The second kappa shape index (κ2) is 36.2. The SMILES string of the molecule is CCCCCCCC/C=C/CCCC/C=C/Cc1n(CCOC(=O)/C=C/CCCCC/C=C/CCCCCCCC)cc[n+]1CCO.[Cl-]. The van der Waals surface area contributed by atoms with Crippen molar-refractivity contribution in [3.63, 3.8) is 0 Å². The number of aliphatic hydroxyl groups excluding tert-OH is 1. The van der Waals surface area contributed by atoms with Gasteiger partial charge in [0.25, 0.3) is 5.82 Å². The summed E-state index contributed by atoms with van der Waals surface area (Å²) in [5.41, 5.74) is 0. The van der Waals surface area contributed by atoms with Crippen molar-refractivity contribution in [3.05, 3.63) is 66.8 Å². The zero-order valence-electron chi connectivity index (χ0n) is 31.1. The first-order valence-corrected chi connectivity index (χ1v) is 19.7. The molecule has 1 aromatic rings. The molecule has 5 nitrogen and oxygen atoms in total. The van der Waals surface area contributed by atoms with Crippen molar-refractivity contribution in [1.29, 1.82) is 0 Å². The predicted molar refractivity (Wildman–Crippen MR) is 200 cm³/mol. The monoisotopic (exact) mass is 689 g/mol. The van der Waals surface area contributed by atoms with Gasteiger partial charge in [-0.05, 0) is 77.0 Å². The third kappa shape index (κ3) is 27.8. The number of unbranched alkanes of at least 4 members (excludes halogenated alkanes) is 19. The highest BCUT2D eigenvalue weighted by molar-refractivity contribution is 5.81. The quantitative estimate of drug-likeness (QED) is 0.0267. The van der Waals surface area contributed by atoms with E-state index in [9.17, 15) is 9.90 Å². The van der Waals surface area contributed by atoms with E-state index in [1.54, 1.807) is 6.08 Å². The van der Waals surface area contributed by atoms with Gasteiger partial charge in [-0.15, -0.1) is 0 Å². The van der Waals surface area contributed by atoms with E-state index in [0.29, 0.717) is 19.7 Å². The molecule has 0 saturated heterocycles. The highest BCUT2D eigenvalue weighted by atomic mass is 35.5.